The summed E-state index contributed by atoms with van der Waals surface area (Å²) in [6.45, 7) is 1.61. The molecule has 0 spiro atoms. The van der Waals surface area contributed by atoms with Crippen molar-refractivity contribution < 1.29 is 13.9 Å². The lowest BCUT2D eigenvalue weighted by Crippen LogP contribution is -2.28. The van der Waals surface area contributed by atoms with Gasteiger partial charge >= 0.3 is 0 Å². The molecule has 1 aliphatic rings. The van der Waals surface area contributed by atoms with Crippen LogP contribution in [-0.4, -0.2) is 25.7 Å². The quantitative estimate of drug-likeness (QED) is 0.614. The second kappa shape index (κ2) is 6.20. The molecule has 5 heteroatoms. The number of hydrogen-bond donors (Lipinski definition) is 2. The van der Waals surface area contributed by atoms with E-state index in [0.29, 0.717) is 24.0 Å². The Morgan fingerprint density at radius 2 is 2.28 bits per heavy atom. The molecule has 0 atom stereocenters. The maximum atomic E-state index is 13.4. The summed E-state index contributed by atoms with van der Waals surface area (Å²) in [5, 5.41) is 2.62. The van der Waals surface area contributed by atoms with Gasteiger partial charge in [0.2, 0.25) is 0 Å². The molecule has 98 valence electrons. The van der Waals surface area contributed by atoms with Crippen molar-refractivity contribution in [3.8, 4) is 0 Å². The molecule has 1 amide bonds. The molecule has 0 radical (unpaired) electrons. The second-order valence-electron chi connectivity index (χ2n) is 4.44. The van der Waals surface area contributed by atoms with E-state index in [1.807, 2.05) is 0 Å². The molecular formula is C13H16FNO2S. The van der Waals surface area contributed by atoms with Crippen LogP contribution >= 0.6 is 12.6 Å². The molecule has 0 bridgehead atoms. The van der Waals surface area contributed by atoms with Gasteiger partial charge in [-0.2, -0.15) is 0 Å². The van der Waals surface area contributed by atoms with Crippen molar-refractivity contribution in [2.75, 3.05) is 19.8 Å². The van der Waals surface area contributed by atoms with Crippen LogP contribution in [0.2, 0.25) is 0 Å². The Morgan fingerprint density at radius 3 is 3.00 bits per heavy atom. The van der Waals surface area contributed by atoms with E-state index in [-0.39, 0.29) is 5.56 Å². The van der Waals surface area contributed by atoms with Crippen molar-refractivity contribution >= 4 is 18.5 Å². The van der Waals surface area contributed by atoms with Gasteiger partial charge in [-0.3, -0.25) is 4.79 Å². The van der Waals surface area contributed by atoms with Crippen molar-refractivity contribution in [3.63, 3.8) is 0 Å². The molecule has 1 aliphatic carbocycles. The Kier molecular flexibility index (Phi) is 4.60. The van der Waals surface area contributed by atoms with Crippen molar-refractivity contribution in [1.29, 1.82) is 0 Å². The molecule has 0 aliphatic heterocycles. The first-order valence-corrected chi connectivity index (χ1v) is 6.46. The minimum atomic E-state index is -0.538. The third-order valence-corrected chi connectivity index (χ3v) is 3.06. The molecule has 1 fully saturated rings. The molecule has 18 heavy (non-hydrogen) atoms. The van der Waals surface area contributed by atoms with Crippen molar-refractivity contribution in [2.24, 2.45) is 5.92 Å². The molecule has 2 rings (SSSR count). The highest BCUT2D eigenvalue weighted by molar-refractivity contribution is 7.80. The molecule has 0 aromatic heterocycles. The molecular weight excluding hydrogens is 253 g/mol. The van der Waals surface area contributed by atoms with E-state index in [4.69, 9.17) is 4.74 Å². The van der Waals surface area contributed by atoms with Gasteiger partial charge in [0.15, 0.2) is 0 Å². The number of benzene rings is 1. The topological polar surface area (TPSA) is 38.3 Å². The Hall–Kier alpha value is -1.07. The van der Waals surface area contributed by atoms with Crippen molar-refractivity contribution in [1.82, 2.24) is 5.32 Å². The summed E-state index contributed by atoms with van der Waals surface area (Å²) in [7, 11) is 0. The van der Waals surface area contributed by atoms with E-state index in [9.17, 15) is 9.18 Å². The molecule has 0 heterocycles. The number of carbonyl (C=O) groups is 1. The Morgan fingerprint density at radius 1 is 1.50 bits per heavy atom. The van der Waals surface area contributed by atoms with E-state index in [0.717, 1.165) is 6.61 Å². The fourth-order valence-electron chi connectivity index (χ4n) is 1.55. The van der Waals surface area contributed by atoms with E-state index in [1.54, 1.807) is 0 Å². The molecule has 1 aromatic rings. The predicted octanol–water partition coefficient (Wildman–Crippen LogP) is 2.27. The SMILES string of the molecule is O=C(NCCOCC1CC1)c1cc(S)ccc1F. The predicted molar refractivity (Wildman–Crippen MR) is 69.5 cm³/mol. The summed E-state index contributed by atoms with van der Waals surface area (Å²) in [6.07, 6.45) is 2.48. The summed E-state index contributed by atoms with van der Waals surface area (Å²) < 4.78 is 18.8. The van der Waals surface area contributed by atoms with Crippen molar-refractivity contribution in [2.45, 2.75) is 17.7 Å². The zero-order chi connectivity index (χ0) is 13.0. The monoisotopic (exact) mass is 269 g/mol. The van der Waals surface area contributed by atoms with E-state index in [1.165, 1.54) is 31.0 Å². The number of halogens is 1. The van der Waals surface area contributed by atoms with Gasteiger partial charge in [0.1, 0.15) is 5.82 Å². The third kappa shape index (κ3) is 3.99. The lowest BCUT2D eigenvalue weighted by Gasteiger charge is -2.07. The highest BCUT2D eigenvalue weighted by Crippen LogP contribution is 2.28. The first kappa shape index (κ1) is 13.4. The number of thiol groups is 1. The van der Waals surface area contributed by atoms with E-state index < -0.39 is 11.7 Å². The van der Waals surface area contributed by atoms with Gasteiger partial charge in [-0.05, 0) is 37.0 Å². The van der Waals surface area contributed by atoms with Gasteiger partial charge in [-0.25, -0.2) is 4.39 Å². The van der Waals surface area contributed by atoms with Crippen LogP contribution in [-0.2, 0) is 4.74 Å². The minimum Gasteiger partial charge on any atom is -0.379 e. The van der Waals surface area contributed by atoms with Crippen LogP contribution in [0.1, 0.15) is 23.2 Å². The van der Waals surface area contributed by atoms with Gasteiger partial charge in [-0.1, -0.05) is 0 Å². The maximum Gasteiger partial charge on any atom is 0.254 e. The lowest BCUT2D eigenvalue weighted by molar-refractivity contribution is 0.0902. The molecule has 0 unspecified atom stereocenters. The Bertz CT molecular complexity index is 435. The van der Waals surface area contributed by atoms with Gasteiger partial charge in [-0.15, -0.1) is 12.6 Å². The lowest BCUT2D eigenvalue weighted by atomic mass is 10.2. The Labute approximate surface area is 111 Å². The second-order valence-corrected chi connectivity index (χ2v) is 4.95. The number of nitrogens with one attached hydrogen (secondary N) is 1. The number of carbonyl (C=O) groups excluding carboxylic acids is 1. The van der Waals surface area contributed by atoms with Crippen LogP contribution in [0.25, 0.3) is 0 Å². The molecule has 1 saturated carbocycles. The van der Waals surface area contributed by atoms with Gasteiger partial charge < -0.3 is 10.1 Å². The van der Waals surface area contributed by atoms with Crippen LogP contribution in [0.5, 0.6) is 0 Å². The molecule has 1 N–H and O–H groups in total. The fraction of sp³-hybridized carbons (Fsp3) is 0.462. The highest BCUT2D eigenvalue weighted by atomic mass is 32.1. The molecule has 0 saturated heterocycles. The van der Waals surface area contributed by atoms with Gasteiger partial charge in [0.05, 0.1) is 12.2 Å². The number of hydrogen-bond acceptors (Lipinski definition) is 3. The maximum absolute atomic E-state index is 13.4. The summed E-state index contributed by atoms with van der Waals surface area (Å²) in [6, 6.07) is 4.16. The van der Waals surface area contributed by atoms with Crippen LogP contribution in [0, 0.1) is 11.7 Å². The third-order valence-electron chi connectivity index (χ3n) is 2.78. The average molecular weight is 269 g/mol. The molecule has 3 nitrogen and oxygen atoms in total. The molecule has 1 aromatic carbocycles. The van der Waals surface area contributed by atoms with Crippen LogP contribution in [0.15, 0.2) is 23.1 Å². The van der Waals surface area contributed by atoms with Crippen LogP contribution < -0.4 is 5.32 Å². The van der Waals surface area contributed by atoms with Crippen LogP contribution in [0.3, 0.4) is 0 Å². The van der Waals surface area contributed by atoms with E-state index >= 15 is 0 Å². The Balaban J connectivity index is 1.74. The first-order valence-electron chi connectivity index (χ1n) is 6.01. The summed E-state index contributed by atoms with van der Waals surface area (Å²) in [5.74, 6) is -0.262. The summed E-state index contributed by atoms with van der Waals surface area (Å²) in [5.41, 5.74) is 0.0182. The number of rotatable bonds is 6. The zero-order valence-corrected chi connectivity index (χ0v) is 10.9. The smallest absolute Gasteiger partial charge is 0.254 e. The summed E-state index contributed by atoms with van der Waals surface area (Å²) >= 11 is 4.08. The van der Waals surface area contributed by atoms with E-state index in [2.05, 4.69) is 17.9 Å². The zero-order valence-electron chi connectivity index (χ0n) is 9.99. The number of ether oxygens (including phenoxy) is 1. The largest absolute Gasteiger partial charge is 0.379 e. The van der Waals surface area contributed by atoms with Crippen molar-refractivity contribution in [3.05, 3.63) is 29.6 Å². The average Bonchev–Trinajstić information content (AvgIpc) is 3.15. The fourth-order valence-corrected chi connectivity index (χ4v) is 1.76. The standard InChI is InChI=1S/C13H16FNO2S/c14-12-4-3-10(18)7-11(12)13(16)15-5-6-17-8-9-1-2-9/h3-4,7,9,18H,1-2,5-6,8H2,(H,15,16). The minimum absolute atomic E-state index is 0.0182. The number of amides is 1. The van der Waals surface area contributed by atoms with Gasteiger partial charge in [0, 0.05) is 18.0 Å². The van der Waals surface area contributed by atoms with Gasteiger partial charge in [0.25, 0.3) is 5.91 Å². The highest BCUT2D eigenvalue weighted by Gasteiger charge is 2.20. The van der Waals surface area contributed by atoms with Crippen LogP contribution in [0.4, 0.5) is 4.39 Å². The first-order chi connectivity index (χ1) is 8.66. The summed E-state index contributed by atoms with van der Waals surface area (Å²) in [4.78, 5) is 12.2. The normalized spacial score (nSPS) is 14.6.